The lowest BCUT2D eigenvalue weighted by molar-refractivity contribution is -0.134. The van der Waals surface area contributed by atoms with Crippen LogP contribution in [0, 0.1) is 0 Å². The molecule has 0 fully saturated rings. The van der Waals surface area contributed by atoms with E-state index in [2.05, 4.69) is 10.3 Å². The highest BCUT2D eigenvalue weighted by atomic mass is 32.2. The summed E-state index contributed by atoms with van der Waals surface area (Å²) in [6.45, 7) is 0.0497. The molecule has 1 heterocycles. The molecule has 0 amide bonds. The maximum Gasteiger partial charge on any atom is 0.427 e. The molecule has 0 saturated carbocycles. The van der Waals surface area contributed by atoms with E-state index < -0.39 is 21.1 Å². The second-order valence-corrected chi connectivity index (χ2v) is 7.93. The maximum atomic E-state index is 12.5. The van der Waals surface area contributed by atoms with E-state index in [0.29, 0.717) is 16.9 Å². The maximum absolute atomic E-state index is 12.5. The fraction of sp³-hybridized carbons (Fsp3) is 0.308. The summed E-state index contributed by atoms with van der Waals surface area (Å²) in [5.74, 6) is 0. The first-order valence-corrected chi connectivity index (χ1v) is 8.65. The summed E-state index contributed by atoms with van der Waals surface area (Å²) in [6, 6.07) is 6.30. The van der Waals surface area contributed by atoms with Gasteiger partial charge in [0.1, 0.15) is 4.88 Å². The van der Waals surface area contributed by atoms with Crippen LogP contribution in [0.5, 0.6) is 0 Å². The van der Waals surface area contributed by atoms with Gasteiger partial charge in [-0.05, 0) is 11.6 Å². The molecule has 5 nitrogen and oxygen atoms in total. The molecule has 0 bridgehead atoms. The first-order chi connectivity index (χ1) is 10.6. The van der Waals surface area contributed by atoms with Gasteiger partial charge in [-0.3, -0.25) is 0 Å². The number of thiazole rings is 1. The van der Waals surface area contributed by atoms with Crippen molar-refractivity contribution in [2.75, 3.05) is 19.4 Å². The first kappa shape index (κ1) is 17.7. The third-order valence-electron chi connectivity index (χ3n) is 2.95. The molecular formula is C13H14F3N3O2S2. The highest BCUT2D eigenvalue weighted by molar-refractivity contribution is 7.89. The molecule has 0 spiro atoms. The molecule has 1 N–H and O–H groups in total. The zero-order chi connectivity index (χ0) is 17.3. The minimum Gasteiger partial charge on any atom is -0.357 e. The molecule has 0 atom stereocenters. The van der Waals surface area contributed by atoms with Crippen LogP contribution in [-0.2, 0) is 22.7 Å². The van der Waals surface area contributed by atoms with Gasteiger partial charge in [-0.25, -0.2) is 17.7 Å². The normalized spacial score (nSPS) is 12.6. The Morgan fingerprint density at radius 1 is 1.26 bits per heavy atom. The summed E-state index contributed by atoms with van der Waals surface area (Å²) in [6.07, 6.45) is -3.70. The van der Waals surface area contributed by atoms with E-state index in [1.165, 1.54) is 20.2 Å². The third-order valence-corrected chi connectivity index (χ3v) is 5.86. The zero-order valence-corrected chi connectivity index (χ0v) is 13.9. The van der Waals surface area contributed by atoms with Crippen molar-refractivity contribution in [2.45, 2.75) is 17.6 Å². The quantitative estimate of drug-likeness (QED) is 0.885. The molecule has 0 aliphatic rings. The number of hydrogen-bond donors (Lipinski definition) is 1. The van der Waals surface area contributed by atoms with Crippen LogP contribution in [0.4, 0.5) is 18.3 Å². The van der Waals surface area contributed by atoms with E-state index in [-0.39, 0.29) is 16.6 Å². The van der Waals surface area contributed by atoms with E-state index in [1.54, 1.807) is 18.2 Å². The van der Waals surface area contributed by atoms with Crippen molar-refractivity contribution in [3.05, 3.63) is 40.9 Å². The first-order valence-electron chi connectivity index (χ1n) is 6.39. The SMILES string of the molecule is CN(C)S(=O)(=O)c1ccccc1CNc1ncc(C(F)(F)F)s1. The number of hydrogen-bond acceptors (Lipinski definition) is 5. The molecule has 0 radical (unpaired) electrons. The molecule has 1 aromatic heterocycles. The van der Waals surface area contributed by atoms with Gasteiger partial charge in [-0.1, -0.05) is 29.5 Å². The summed E-state index contributed by atoms with van der Waals surface area (Å²) < 4.78 is 63.1. The molecule has 1 aromatic carbocycles. The topological polar surface area (TPSA) is 62.3 Å². The summed E-state index contributed by atoms with van der Waals surface area (Å²) in [4.78, 5) is 2.94. The van der Waals surface area contributed by atoms with E-state index in [9.17, 15) is 21.6 Å². The van der Waals surface area contributed by atoms with Gasteiger partial charge in [-0.2, -0.15) is 13.2 Å². The summed E-state index contributed by atoms with van der Waals surface area (Å²) in [5, 5.41) is 2.81. The van der Waals surface area contributed by atoms with Gasteiger partial charge < -0.3 is 5.32 Å². The van der Waals surface area contributed by atoms with E-state index >= 15 is 0 Å². The molecule has 0 unspecified atom stereocenters. The molecule has 0 aliphatic carbocycles. The smallest absolute Gasteiger partial charge is 0.357 e. The average molecular weight is 365 g/mol. The number of nitrogens with zero attached hydrogens (tertiary/aromatic N) is 2. The average Bonchev–Trinajstić information content (AvgIpc) is 2.94. The zero-order valence-electron chi connectivity index (χ0n) is 12.3. The molecule has 0 aliphatic heterocycles. The van der Waals surface area contributed by atoms with Crippen molar-refractivity contribution in [3.8, 4) is 0 Å². The van der Waals surface area contributed by atoms with Gasteiger partial charge >= 0.3 is 6.18 Å². The molecule has 23 heavy (non-hydrogen) atoms. The van der Waals surface area contributed by atoms with Crippen molar-refractivity contribution in [2.24, 2.45) is 0 Å². The Morgan fingerprint density at radius 3 is 2.48 bits per heavy atom. The Labute approximate surface area is 135 Å². The van der Waals surface area contributed by atoms with Crippen LogP contribution in [-0.4, -0.2) is 31.8 Å². The lowest BCUT2D eigenvalue weighted by Gasteiger charge is -2.15. The molecule has 10 heteroatoms. The minimum absolute atomic E-state index is 0.0497. The van der Waals surface area contributed by atoms with Crippen molar-refractivity contribution >= 4 is 26.5 Å². The van der Waals surface area contributed by atoms with Crippen molar-refractivity contribution < 1.29 is 21.6 Å². The van der Waals surface area contributed by atoms with E-state index in [4.69, 9.17) is 0 Å². The Hall–Kier alpha value is -1.65. The molecule has 2 rings (SSSR count). The van der Waals surface area contributed by atoms with E-state index in [1.807, 2.05) is 0 Å². The van der Waals surface area contributed by atoms with Gasteiger partial charge in [-0.15, -0.1) is 0 Å². The molecule has 126 valence electrons. The third kappa shape index (κ3) is 4.01. The van der Waals surface area contributed by atoms with Crippen LogP contribution in [0.25, 0.3) is 0 Å². The highest BCUT2D eigenvalue weighted by Gasteiger charge is 2.33. The predicted octanol–water partition coefficient (Wildman–Crippen LogP) is 3.02. The Morgan fingerprint density at radius 2 is 1.91 bits per heavy atom. The van der Waals surface area contributed by atoms with Crippen molar-refractivity contribution in [1.82, 2.24) is 9.29 Å². The Kier molecular flexibility index (Phi) is 4.97. The summed E-state index contributed by atoms with van der Waals surface area (Å²) in [7, 11) is -0.808. The predicted molar refractivity (Wildman–Crippen MR) is 81.8 cm³/mol. The van der Waals surface area contributed by atoms with Gasteiger partial charge in [0, 0.05) is 20.6 Å². The monoisotopic (exact) mass is 365 g/mol. The largest absolute Gasteiger partial charge is 0.427 e. The van der Waals surface area contributed by atoms with Crippen LogP contribution >= 0.6 is 11.3 Å². The molecule has 0 saturated heterocycles. The lowest BCUT2D eigenvalue weighted by Crippen LogP contribution is -2.23. The van der Waals surface area contributed by atoms with Gasteiger partial charge in [0.05, 0.1) is 11.1 Å². The number of halogens is 3. The number of rotatable bonds is 5. The number of aromatic nitrogens is 1. The summed E-state index contributed by atoms with van der Waals surface area (Å²) in [5.41, 5.74) is 0.449. The van der Waals surface area contributed by atoms with Crippen LogP contribution in [0.2, 0.25) is 0 Å². The standard InChI is InChI=1S/C13H14F3N3O2S2/c1-19(2)23(20,21)10-6-4-3-5-9(10)7-17-12-18-8-11(22-12)13(14,15)16/h3-6,8H,7H2,1-2H3,(H,17,18). The Bertz CT molecular complexity index is 786. The van der Waals surface area contributed by atoms with Crippen LogP contribution in [0.3, 0.4) is 0 Å². The Balaban J connectivity index is 2.21. The van der Waals surface area contributed by atoms with Crippen LogP contribution < -0.4 is 5.32 Å². The van der Waals surface area contributed by atoms with Crippen LogP contribution in [0.15, 0.2) is 35.4 Å². The number of anilines is 1. The van der Waals surface area contributed by atoms with Crippen molar-refractivity contribution in [3.63, 3.8) is 0 Å². The number of nitrogens with one attached hydrogen (secondary N) is 1. The number of alkyl halides is 3. The van der Waals surface area contributed by atoms with Crippen molar-refractivity contribution in [1.29, 1.82) is 0 Å². The second kappa shape index (κ2) is 6.46. The highest BCUT2D eigenvalue weighted by Crippen LogP contribution is 2.35. The fourth-order valence-corrected chi connectivity index (χ4v) is 3.55. The fourth-order valence-electron chi connectivity index (χ4n) is 1.76. The number of benzene rings is 1. The lowest BCUT2D eigenvalue weighted by atomic mass is 10.2. The van der Waals surface area contributed by atoms with E-state index in [0.717, 1.165) is 10.5 Å². The molecular weight excluding hydrogens is 351 g/mol. The molecule has 2 aromatic rings. The summed E-state index contributed by atoms with van der Waals surface area (Å²) >= 11 is 0.472. The van der Waals surface area contributed by atoms with Gasteiger partial charge in [0.2, 0.25) is 10.0 Å². The minimum atomic E-state index is -4.44. The number of sulfonamides is 1. The van der Waals surface area contributed by atoms with Gasteiger partial charge in [0.15, 0.2) is 5.13 Å². The second-order valence-electron chi connectivity index (χ2n) is 4.78. The van der Waals surface area contributed by atoms with Gasteiger partial charge in [0.25, 0.3) is 0 Å². The van der Waals surface area contributed by atoms with Crippen LogP contribution in [0.1, 0.15) is 10.4 Å².